The van der Waals surface area contributed by atoms with E-state index < -0.39 is 5.97 Å². The Hall–Kier alpha value is -2.22. The number of carbonyl (C=O) groups is 2. The van der Waals surface area contributed by atoms with E-state index in [1.165, 1.54) is 0 Å². The third kappa shape index (κ3) is 5.63. The maximum Gasteiger partial charge on any atom is 0.338 e. The van der Waals surface area contributed by atoms with Gasteiger partial charge in [0.05, 0.1) is 24.3 Å². The number of ether oxygens (including phenoxy) is 2. The van der Waals surface area contributed by atoms with E-state index >= 15 is 0 Å². The van der Waals surface area contributed by atoms with Crippen molar-refractivity contribution < 1.29 is 19.1 Å². The number of amides is 1. The SMILES string of the molecule is O=C(Nc1cccc(Br)c1)c1ccccc1C(=O)OCCN1CCOCC1. The fraction of sp³-hybridized carbons (Fsp3) is 0.300. The number of halogens is 1. The van der Waals surface area contributed by atoms with Gasteiger partial charge in [-0.3, -0.25) is 9.69 Å². The summed E-state index contributed by atoms with van der Waals surface area (Å²) in [4.78, 5) is 27.3. The lowest BCUT2D eigenvalue weighted by Crippen LogP contribution is -2.38. The van der Waals surface area contributed by atoms with Crippen molar-refractivity contribution >= 4 is 33.5 Å². The Kier molecular flexibility index (Phi) is 6.98. The van der Waals surface area contributed by atoms with Crippen LogP contribution in [-0.4, -0.2) is 56.2 Å². The summed E-state index contributed by atoms with van der Waals surface area (Å²) in [6, 6.07) is 13.9. The molecule has 0 spiro atoms. The highest BCUT2D eigenvalue weighted by Gasteiger charge is 2.18. The second-order valence-corrected chi connectivity index (χ2v) is 7.02. The third-order valence-electron chi connectivity index (χ3n) is 4.22. The first kappa shape index (κ1) is 19.5. The van der Waals surface area contributed by atoms with E-state index in [4.69, 9.17) is 9.47 Å². The summed E-state index contributed by atoms with van der Waals surface area (Å²) in [5.74, 6) is -0.850. The summed E-state index contributed by atoms with van der Waals surface area (Å²) in [7, 11) is 0. The zero-order chi connectivity index (χ0) is 19.1. The molecule has 1 saturated heterocycles. The van der Waals surface area contributed by atoms with E-state index in [1.54, 1.807) is 36.4 Å². The van der Waals surface area contributed by atoms with Gasteiger partial charge in [-0.05, 0) is 30.3 Å². The molecule has 0 atom stereocenters. The molecule has 142 valence electrons. The number of esters is 1. The van der Waals surface area contributed by atoms with Gasteiger partial charge in [-0.1, -0.05) is 34.1 Å². The molecule has 0 unspecified atom stereocenters. The van der Waals surface area contributed by atoms with E-state index in [1.807, 2.05) is 12.1 Å². The van der Waals surface area contributed by atoms with Crippen LogP contribution in [0, 0.1) is 0 Å². The molecule has 1 aliphatic heterocycles. The highest BCUT2D eigenvalue weighted by atomic mass is 79.9. The van der Waals surface area contributed by atoms with Crippen LogP contribution >= 0.6 is 15.9 Å². The van der Waals surface area contributed by atoms with Crippen molar-refractivity contribution in [2.75, 3.05) is 44.8 Å². The van der Waals surface area contributed by atoms with Gasteiger partial charge >= 0.3 is 5.97 Å². The van der Waals surface area contributed by atoms with Crippen LogP contribution in [0.15, 0.2) is 53.0 Å². The number of anilines is 1. The van der Waals surface area contributed by atoms with Crippen LogP contribution in [0.3, 0.4) is 0 Å². The molecule has 27 heavy (non-hydrogen) atoms. The summed E-state index contributed by atoms with van der Waals surface area (Å²) in [6.07, 6.45) is 0. The molecule has 0 bridgehead atoms. The van der Waals surface area contributed by atoms with Crippen molar-refractivity contribution in [2.24, 2.45) is 0 Å². The molecule has 0 saturated carbocycles. The van der Waals surface area contributed by atoms with E-state index in [0.29, 0.717) is 25.4 Å². The number of morpholine rings is 1. The van der Waals surface area contributed by atoms with Crippen molar-refractivity contribution in [3.8, 4) is 0 Å². The van der Waals surface area contributed by atoms with Crippen molar-refractivity contribution in [1.29, 1.82) is 0 Å². The van der Waals surface area contributed by atoms with Gasteiger partial charge in [-0.15, -0.1) is 0 Å². The molecule has 1 N–H and O–H groups in total. The Morgan fingerprint density at radius 2 is 1.81 bits per heavy atom. The van der Waals surface area contributed by atoms with Crippen LogP contribution in [-0.2, 0) is 9.47 Å². The van der Waals surface area contributed by atoms with Crippen molar-refractivity contribution in [2.45, 2.75) is 0 Å². The Bertz CT molecular complexity index is 806. The molecule has 2 aromatic rings. The first-order valence-electron chi connectivity index (χ1n) is 8.76. The van der Waals surface area contributed by atoms with Gasteiger partial charge in [-0.2, -0.15) is 0 Å². The quantitative estimate of drug-likeness (QED) is 0.709. The molecule has 3 rings (SSSR count). The van der Waals surface area contributed by atoms with Crippen LogP contribution < -0.4 is 5.32 Å². The lowest BCUT2D eigenvalue weighted by atomic mass is 10.1. The van der Waals surface area contributed by atoms with Gasteiger partial charge in [0.15, 0.2) is 0 Å². The monoisotopic (exact) mass is 432 g/mol. The van der Waals surface area contributed by atoms with Crippen LogP contribution in [0.2, 0.25) is 0 Å². The predicted octanol–water partition coefficient (Wildman–Crippen LogP) is 3.19. The van der Waals surface area contributed by atoms with E-state index in [0.717, 1.165) is 17.6 Å². The second-order valence-electron chi connectivity index (χ2n) is 6.10. The molecule has 6 nitrogen and oxygen atoms in total. The van der Waals surface area contributed by atoms with Crippen LogP contribution in [0.4, 0.5) is 5.69 Å². The topological polar surface area (TPSA) is 67.9 Å². The first-order valence-corrected chi connectivity index (χ1v) is 9.56. The Morgan fingerprint density at radius 1 is 1.07 bits per heavy atom. The van der Waals surface area contributed by atoms with E-state index in [2.05, 4.69) is 26.1 Å². The van der Waals surface area contributed by atoms with Gasteiger partial charge in [0.2, 0.25) is 0 Å². The molecule has 2 aromatic carbocycles. The van der Waals surface area contributed by atoms with Gasteiger partial charge < -0.3 is 14.8 Å². The molecule has 1 fully saturated rings. The molecule has 1 heterocycles. The minimum Gasteiger partial charge on any atom is -0.461 e. The average Bonchev–Trinajstić information content (AvgIpc) is 2.69. The number of benzene rings is 2. The minimum atomic E-state index is -0.497. The Labute approximate surface area is 166 Å². The van der Waals surface area contributed by atoms with Gasteiger partial charge in [0.1, 0.15) is 6.61 Å². The molecule has 0 aliphatic carbocycles. The van der Waals surface area contributed by atoms with Crippen molar-refractivity contribution in [3.63, 3.8) is 0 Å². The fourth-order valence-corrected chi connectivity index (χ4v) is 3.19. The molecule has 1 amide bonds. The van der Waals surface area contributed by atoms with Gasteiger partial charge in [0, 0.05) is 29.8 Å². The van der Waals surface area contributed by atoms with Crippen molar-refractivity contribution in [1.82, 2.24) is 4.90 Å². The zero-order valence-corrected chi connectivity index (χ0v) is 16.4. The summed E-state index contributed by atoms with van der Waals surface area (Å²) < 4.78 is 11.5. The first-order chi connectivity index (χ1) is 13.1. The molecular formula is C20H21BrN2O4. The summed E-state index contributed by atoms with van der Waals surface area (Å²) in [5, 5.41) is 2.80. The standard InChI is InChI=1S/C20H21BrN2O4/c21-15-4-3-5-16(14-15)22-19(24)17-6-1-2-7-18(17)20(25)27-13-10-23-8-11-26-12-9-23/h1-7,14H,8-13H2,(H,22,24). The molecule has 0 radical (unpaired) electrons. The predicted molar refractivity (Wildman–Crippen MR) is 106 cm³/mol. The number of nitrogens with zero attached hydrogens (tertiary/aromatic N) is 1. The lowest BCUT2D eigenvalue weighted by molar-refractivity contribution is 0.0195. The smallest absolute Gasteiger partial charge is 0.338 e. The number of hydrogen-bond donors (Lipinski definition) is 1. The average molecular weight is 433 g/mol. The fourth-order valence-electron chi connectivity index (χ4n) is 2.79. The summed E-state index contributed by atoms with van der Waals surface area (Å²) in [6.45, 7) is 4.01. The van der Waals surface area contributed by atoms with Crippen molar-refractivity contribution in [3.05, 3.63) is 64.1 Å². The van der Waals surface area contributed by atoms with E-state index in [-0.39, 0.29) is 23.6 Å². The maximum absolute atomic E-state index is 12.6. The third-order valence-corrected chi connectivity index (χ3v) is 4.71. The molecule has 0 aromatic heterocycles. The minimum absolute atomic E-state index is 0.256. The summed E-state index contributed by atoms with van der Waals surface area (Å²) in [5.41, 5.74) is 1.19. The largest absolute Gasteiger partial charge is 0.461 e. The van der Waals surface area contributed by atoms with Crippen LogP contribution in [0.5, 0.6) is 0 Å². The Morgan fingerprint density at radius 3 is 2.56 bits per heavy atom. The lowest BCUT2D eigenvalue weighted by Gasteiger charge is -2.26. The number of nitrogens with one attached hydrogen (secondary N) is 1. The van der Waals surface area contributed by atoms with E-state index in [9.17, 15) is 9.59 Å². The second kappa shape index (κ2) is 9.64. The highest BCUT2D eigenvalue weighted by molar-refractivity contribution is 9.10. The molecule has 1 aliphatic rings. The number of hydrogen-bond acceptors (Lipinski definition) is 5. The molecular weight excluding hydrogens is 412 g/mol. The highest BCUT2D eigenvalue weighted by Crippen LogP contribution is 2.18. The number of rotatable bonds is 6. The number of carbonyl (C=O) groups excluding carboxylic acids is 2. The maximum atomic E-state index is 12.6. The summed E-state index contributed by atoms with van der Waals surface area (Å²) >= 11 is 3.37. The van der Waals surface area contributed by atoms with Gasteiger partial charge in [-0.25, -0.2) is 4.79 Å². The zero-order valence-electron chi connectivity index (χ0n) is 14.8. The molecule has 7 heteroatoms. The Balaban J connectivity index is 1.62. The van der Waals surface area contributed by atoms with Crippen LogP contribution in [0.25, 0.3) is 0 Å². The normalized spacial score (nSPS) is 14.6. The van der Waals surface area contributed by atoms with Gasteiger partial charge in [0.25, 0.3) is 5.91 Å². The van der Waals surface area contributed by atoms with Crippen LogP contribution in [0.1, 0.15) is 20.7 Å².